The summed E-state index contributed by atoms with van der Waals surface area (Å²) in [5.41, 5.74) is 1.89. The third-order valence-corrected chi connectivity index (χ3v) is 5.03. The lowest BCUT2D eigenvalue weighted by Crippen LogP contribution is -2.47. The van der Waals surface area contributed by atoms with E-state index in [1.54, 1.807) is 6.07 Å². The van der Waals surface area contributed by atoms with E-state index in [4.69, 9.17) is 4.98 Å². The van der Waals surface area contributed by atoms with Crippen molar-refractivity contribution in [2.24, 2.45) is 0 Å². The highest BCUT2D eigenvalue weighted by atomic mass is 19.1. The second-order valence-corrected chi connectivity index (χ2v) is 6.98. The van der Waals surface area contributed by atoms with Crippen LogP contribution < -0.4 is 14.7 Å². The van der Waals surface area contributed by atoms with E-state index in [1.165, 1.54) is 11.6 Å². The minimum Gasteiger partial charge on any atom is -0.366 e. The molecule has 3 aromatic rings. The van der Waals surface area contributed by atoms with E-state index in [2.05, 4.69) is 31.8 Å². The predicted octanol–water partition coefficient (Wildman–Crippen LogP) is 3.58. The van der Waals surface area contributed by atoms with Gasteiger partial charge in [-0.3, -0.25) is 0 Å². The van der Waals surface area contributed by atoms with Crippen molar-refractivity contribution in [3.8, 4) is 0 Å². The van der Waals surface area contributed by atoms with Gasteiger partial charge in [-0.05, 0) is 23.8 Å². The molecule has 1 aromatic heterocycles. The lowest BCUT2D eigenvalue weighted by atomic mass is 10.2. The Morgan fingerprint density at radius 1 is 0.893 bits per heavy atom. The smallest absolute Gasteiger partial charge is 0.227 e. The summed E-state index contributed by atoms with van der Waals surface area (Å²) >= 11 is 0. The zero-order valence-corrected chi connectivity index (χ0v) is 16.0. The number of anilines is 3. The molecule has 4 rings (SSSR count). The fourth-order valence-electron chi connectivity index (χ4n) is 3.51. The summed E-state index contributed by atoms with van der Waals surface area (Å²) in [5, 5.41) is 0. The van der Waals surface area contributed by atoms with Crippen molar-refractivity contribution in [3.63, 3.8) is 0 Å². The van der Waals surface area contributed by atoms with Crippen molar-refractivity contribution < 1.29 is 4.39 Å². The maximum Gasteiger partial charge on any atom is 0.227 e. The van der Waals surface area contributed by atoms with Crippen LogP contribution in [0.1, 0.15) is 5.56 Å². The number of hydrogen-bond acceptors (Lipinski definition) is 5. The topological polar surface area (TPSA) is 35.5 Å². The zero-order chi connectivity index (χ0) is 19.3. The minimum atomic E-state index is -0.164. The first-order chi connectivity index (χ1) is 13.7. The molecule has 0 bridgehead atoms. The number of rotatable bonds is 5. The van der Waals surface area contributed by atoms with Crippen molar-refractivity contribution in [1.29, 1.82) is 0 Å². The Hall–Kier alpha value is -3.15. The Kier molecular flexibility index (Phi) is 5.37. The molecule has 5 nitrogen and oxygen atoms in total. The Bertz CT molecular complexity index is 910. The molecule has 28 heavy (non-hydrogen) atoms. The molecule has 144 valence electrons. The van der Waals surface area contributed by atoms with Gasteiger partial charge in [-0.15, -0.1) is 0 Å². The van der Waals surface area contributed by atoms with Crippen LogP contribution in [-0.2, 0) is 6.54 Å². The molecule has 0 spiro atoms. The van der Waals surface area contributed by atoms with E-state index < -0.39 is 0 Å². The molecule has 1 fully saturated rings. The van der Waals surface area contributed by atoms with Gasteiger partial charge >= 0.3 is 0 Å². The predicted molar refractivity (Wildman–Crippen MR) is 111 cm³/mol. The maximum absolute atomic E-state index is 14.0. The van der Waals surface area contributed by atoms with Crippen LogP contribution >= 0.6 is 0 Å². The molecule has 2 heterocycles. The summed E-state index contributed by atoms with van der Waals surface area (Å²) in [6.45, 7) is 3.88. The van der Waals surface area contributed by atoms with Gasteiger partial charge in [0, 0.05) is 46.0 Å². The van der Waals surface area contributed by atoms with Crippen molar-refractivity contribution in [2.75, 3.05) is 47.9 Å². The number of halogens is 1. The maximum atomic E-state index is 14.0. The first-order valence-electron chi connectivity index (χ1n) is 9.53. The van der Waals surface area contributed by atoms with Crippen LogP contribution in [0.2, 0.25) is 0 Å². The zero-order valence-electron chi connectivity index (χ0n) is 16.0. The molecule has 2 aromatic carbocycles. The molecule has 0 saturated carbocycles. The quantitative estimate of drug-likeness (QED) is 0.679. The fraction of sp³-hybridized carbons (Fsp3) is 0.273. The summed E-state index contributed by atoms with van der Waals surface area (Å²) in [4.78, 5) is 15.6. The number of nitrogens with zero attached hydrogens (tertiary/aromatic N) is 5. The molecule has 1 aliphatic heterocycles. The summed E-state index contributed by atoms with van der Waals surface area (Å²) in [6, 6.07) is 19.2. The monoisotopic (exact) mass is 377 g/mol. The lowest BCUT2D eigenvalue weighted by Gasteiger charge is -2.37. The van der Waals surface area contributed by atoms with Crippen molar-refractivity contribution >= 4 is 17.5 Å². The van der Waals surface area contributed by atoms with Crippen molar-refractivity contribution in [3.05, 3.63) is 78.2 Å². The molecule has 1 aliphatic rings. The van der Waals surface area contributed by atoms with E-state index in [0.29, 0.717) is 11.6 Å². The molecule has 0 unspecified atom stereocenters. The number of aromatic nitrogens is 2. The normalized spacial score (nSPS) is 14.2. The summed E-state index contributed by atoms with van der Waals surface area (Å²) in [6.07, 6.45) is 1.81. The largest absolute Gasteiger partial charge is 0.366 e. The van der Waals surface area contributed by atoms with Gasteiger partial charge in [0.2, 0.25) is 5.95 Å². The van der Waals surface area contributed by atoms with Crippen LogP contribution in [0.4, 0.5) is 21.8 Å². The second-order valence-electron chi connectivity index (χ2n) is 6.98. The highest BCUT2D eigenvalue weighted by molar-refractivity contribution is 5.51. The molecule has 0 N–H and O–H groups in total. The number of para-hydroxylation sites is 1. The number of hydrogen-bond donors (Lipinski definition) is 0. The van der Waals surface area contributed by atoms with Crippen LogP contribution in [0.5, 0.6) is 0 Å². The van der Waals surface area contributed by atoms with E-state index in [1.807, 2.05) is 49.6 Å². The van der Waals surface area contributed by atoms with Gasteiger partial charge in [0.1, 0.15) is 11.6 Å². The first kappa shape index (κ1) is 18.2. The van der Waals surface area contributed by atoms with Crippen molar-refractivity contribution in [1.82, 2.24) is 9.97 Å². The second kappa shape index (κ2) is 8.25. The Labute approximate surface area is 165 Å². The Morgan fingerprint density at radius 3 is 2.32 bits per heavy atom. The molecule has 6 heteroatoms. The first-order valence-corrected chi connectivity index (χ1v) is 9.53. The van der Waals surface area contributed by atoms with E-state index in [0.717, 1.165) is 38.5 Å². The average molecular weight is 377 g/mol. The van der Waals surface area contributed by atoms with E-state index >= 15 is 0 Å². The standard InChI is InChI=1S/C22H24FN5/c1-26(17-18-7-3-2-4-8-18)22-24-12-11-21(25-22)28-15-13-27(14-16-28)20-10-6-5-9-19(20)23/h2-12H,13-17H2,1H3. The van der Waals surface area contributed by atoms with E-state index in [-0.39, 0.29) is 5.82 Å². The third-order valence-electron chi connectivity index (χ3n) is 5.03. The minimum absolute atomic E-state index is 0.164. The van der Waals surface area contributed by atoms with Gasteiger partial charge < -0.3 is 14.7 Å². The molecule has 0 radical (unpaired) electrons. The van der Waals surface area contributed by atoms with Crippen molar-refractivity contribution in [2.45, 2.75) is 6.54 Å². The Morgan fingerprint density at radius 2 is 1.57 bits per heavy atom. The number of piperazine rings is 1. The van der Waals surface area contributed by atoms with Gasteiger partial charge in [-0.2, -0.15) is 4.98 Å². The van der Waals surface area contributed by atoms with Crippen LogP contribution in [0.15, 0.2) is 66.9 Å². The number of benzene rings is 2. The van der Waals surface area contributed by atoms with Crippen LogP contribution in [0.25, 0.3) is 0 Å². The highest BCUT2D eigenvalue weighted by Gasteiger charge is 2.20. The van der Waals surface area contributed by atoms with E-state index in [9.17, 15) is 4.39 Å². The summed E-state index contributed by atoms with van der Waals surface area (Å²) in [5.74, 6) is 1.46. The fourth-order valence-corrected chi connectivity index (χ4v) is 3.51. The highest BCUT2D eigenvalue weighted by Crippen LogP contribution is 2.22. The Balaban J connectivity index is 1.42. The van der Waals surface area contributed by atoms with Crippen LogP contribution in [-0.4, -0.2) is 43.2 Å². The molecule has 0 aliphatic carbocycles. The summed E-state index contributed by atoms with van der Waals surface area (Å²) < 4.78 is 14.0. The molecule has 1 saturated heterocycles. The molecular formula is C22H24FN5. The average Bonchev–Trinajstić information content (AvgIpc) is 2.75. The van der Waals surface area contributed by atoms with Crippen LogP contribution in [0, 0.1) is 5.82 Å². The molecule has 0 amide bonds. The van der Waals surface area contributed by atoms with Gasteiger partial charge in [-0.25, -0.2) is 9.37 Å². The summed E-state index contributed by atoms with van der Waals surface area (Å²) in [7, 11) is 2.00. The molecule has 0 atom stereocenters. The van der Waals surface area contributed by atoms with Gasteiger partial charge in [0.05, 0.1) is 5.69 Å². The van der Waals surface area contributed by atoms with Gasteiger partial charge in [0.15, 0.2) is 0 Å². The van der Waals surface area contributed by atoms with Gasteiger partial charge in [-0.1, -0.05) is 42.5 Å². The van der Waals surface area contributed by atoms with Crippen LogP contribution in [0.3, 0.4) is 0 Å². The van der Waals surface area contributed by atoms with Gasteiger partial charge in [0.25, 0.3) is 0 Å². The SMILES string of the molecule is CN(Cc1ccccc1)c1nccc(N2CCN(c3ccccc3F)CC2)n1. The third kappa shape index (κ3) is 4.06. The molecular weight excluding hydrogens is 353 g/mol. The lowest BCUT2D eigenvalue weighted by molar-refractivity contribution is 0.596.